The van der Waals surface area contributed by atoms with Crippen LogP contribution in [-0.4, -0.2) is 19.2 Å². The Morgan fingerprint density at radius 3 is 2.64 bits per heavy atom. The third-order valence-electron chi connectivity index (χ3n) is 2.22. The van der Waals surface area contributed by atoms with Gasteiger partial charge in [0.1, 0.15) is 0 Å². The van der Waals surface area contributed by atoms with Gasteiger partial charge in [-0.1, -0.05) is 33.1 Å². The van der Waals surface area contributed by atoms with E-state index in [-0.39, 0.29) is 12.6 Å². The number of carbonyl (C=O) groups excluding carboxylic acids is 1. The Kier molecular flexibility index (Phi) is 8.57. The summed E-state index contributed by atoms with van der Waals surface area (Å²) in [5.41, 5.74) is 0. The van der Waals surface area contributed by atoms with Gasteiger partial charge in [-0.2, -0.15) is 0 Å². The van der Waals surface area contributed by atoms with Crippen LogP contribution in [0.5, 0.6) is 0 Å². The normalized spacial score (nSPS) is 12.5. The Morgan fingerprint density at radius 2 is 2.14 bits per heavy atom. The van der Waals surface area contributed by atoms with E-state index >= 15 is 0 Å². The van der Waals surface area contributed by atoms with E-state index in [9.17, 15) is 4.79 Å². The molecule has 0 aromatic rings. The third kappa shape index (κ3) is 6.86. The van der Waals surface area contributed by atoms with Crippen molar-refractivity contribution in [3.63, 3.8) is 0 Å². The van der Waals surface area contributed by atoms with E-state index in [0.717, 1.165) is 12.8 Å². The molecular formula is C10H21NO3. The van der Waals surface area contributed by atoms with Gasteiger partial charge >= 0.3 is 5.97 Å². The van der Waals surface area contributed by atoms with Crippen molar-refractivity contribution >= 4 is 5.97 Å². The van der Waals surface area contributed by atoms with Crippen LogP contribution >= 0.6 is 0 Å². The van der Waals surface area contributed by atoms with E-state index in [1.165, 1.54) is 12.8 Å². The summed E-state index contributed by atoms with van der Waals surface area (Å²) in [6.07, 6.45) is 4.51. The predicted octanol–water partition coefficient (Wildman–Crippen LogP) is 1.64. The Balaban J connectivity index is 3.55. The molecule has 1 atom stereocenters. The predicted molar refractivity (Wildman–Crippen MR) is 54.4 cm³/mol. The monoisotopic (exact) mass is 203 g/mol. The van der Waals surface area contributed by atoms with Gasteiger partial charge in [0, 0.05) is 0 Å². The topological polar surface area (TPSA) is 61.5 Å². The van der Waals surface area contributed by atoms with Gasteiger partial charge in [0.25, 0.3) is 0 Å². The smallest absolute Gasteiger partial charge is 0.334 e. The average molecular weight is 203 g/mol. The molecule has 0 aromatic carbocycles. The minimum Gasteiger partial charge on any atom is -0.464 e. The molecule has 4 nitrogen and oxygen atoms in total. The number of carbonyl (C=O) groups is 1. The van der Waals surface area contributed by atoms with Gasteiger partial charge in [-0.15, -0.1) is 0 Å². The molecule has 1 unspecified atom stereocenters. The van der Waals surface area contributed by atoms with Crippen molar-refractivity contribution in [2.75, 3.05) is 13.2 Å². The Bertz CT molecular complexity index is 150. The lowest BCUT2D eigenvalue weighted by Crippen LogP contribution is -2.19. The van der Waals surface area contributed by atoms with Crippen molar-refractivity contribution in [3.05, 3.63) is 0 Å². The van der Waals surface area contributed by atoms with Crippen LogP contribution in [0.25, 0.3) is 0 Å². The molecule has 0 aliphatic heterocycles. The van der Waals surface area contributed by atoms with Crippen LogP contribution in [0.1, 0.15) is 39.5 Å². The van der Waals surface area contributed by atoms with Crippen molar-refractivity contribution in [1.82, 2.24) is 0 Å². The van der Waals surface area contributed by atoms with Crippen LogP contribution in [0.3, 0.4) is 0 Å². The molecule has 14 heavy (non-hydrogen) atoms. The fourth-order valence-electron chi connectivity index (χ4n) is 1.22. The van der Waals surface area contributed by atoms with Gasteiger partial charge < -0.3 is 4.74 Å². The standard InChI is InChI=1S/C10H21NO3/c1-3-5-6-9(4-2)7-13-10(12)8-14-11/h9H,3-8,11H2,1-2H3. The van der Waals surface area contributed by atoms with Gasteiger partial charge in [-0.25, -0.2) is 10.7 Å². The highest BCUT2D eigenvalue weighted by Gasteiger charge is 2.09. The van der Waals surface area contributed by atoms with E-state index in [2.05, 4.69) is 18.7 Å². The summed E-state index contributed by atoms with van der Waals surface area (Å²) in [6, 6.07) is 0. The fraction of sp³-hybridized carbons (Fsp3) is 0.900. The van der Waals surface area contributed by atoms with Crippen molar-refractivity contribution in [2.45, 2.75) is 39.5 Å². The molecule has 0 radical (unpaired) electrons. The highest BCUT2D eigenvalue weighted by Crippen LogP contribution is 2.12. The number of unbranched alkanes of at least 4 members (excludes halogenated alkanes) is 1. The number of esters is 1. The number of hydrogen-bond acceptors (Lipinski definition) is 4. The molecule has 0 aliphatic carbocycles. The van der Waals surface area contributed by atoms with Gasteiger partial charge in [0.15, 0.2) is 6.61 Å². The third-order valence-corrected chi connectivity index (χ3v) is 2.22. The van der Waals surface area contributed by atoms with Gasteiger partial charge in [0.2, 0.25) is 0 Å². The number of rotatable bonds is 8. The fourth-order valence-corrected chi connectivity index (χ4v) is 1.22. The lowest BCUT2D eigenvalue weighted by atomic mass is 10.0. The first kappa shape index (κ1) is 13.4. The maximum Gasteiger partial charge on any atom is 0.334 e. The van der Waals surface area contributed by atoms with Crippen LogP contribution in [0, 0.1) is 5.92 Å². The van der Waals surface area contributed by atoms with Crippen LogP contribution < -0.4 is 5.90 Å². The largest absolute Gasteiger partial charge is 0.464 e. The zero-order valence-electron chi connectivity index (χ0n) is 9.12. The summed E-state index contributed by atoms with van der Waals surface area (Å²) in [5.74, 6) is 4.83. The second-order valence-electron chi connectivity index (χ2n) is 3.41. The van der Waals surface area contributed by atoms with E-state index in [4.69, 9.17) is 10.6 Å². The van der Waals surface area contributed by atoms with Gasteiger partial charge in [-0.05, 0) is 12.3 Å². The lowest BCUT2D eigenvalue weighted by molar-refractivity contribution is -0.150. The van der Waals surface area contributed by atoms with E-state index < -0.39 is 0 Å². The minimum atomic E-state index is -0.387. The molecule has 0 heterocycles. The highest BCUT2D eigenvalue weighted by atomic mass is 16.6. The van der Waals surface area contributed by atoms with E-state index in [1.807, 2.05) is 0 Å². The zero-order valence-corrected chi connectivity index (χ0v) is 9.12. The summed E-state index contributed by atoms with van der Waals surface area (Å²) >= 11 is 0. The Hall–Kier alpha value is -0.610. The zero-order chi connectivity index (χ0) is 10.8. The number of ether oxygens (including phenoxy) is 1. The molecule has 0 aliphatic rings. The molecular weight excluding hydrogens is 182 g/mol. The summed E-state index contributed by atoms with van der Waals surface area (Å²) in [7, 11) is 0. The van der Waals surface area contributed by atoms with Crippen molar-refractivity contribution < 1.29 is 14.4 Å². The maximum absolute atomic E-state index is 10.9. The van der Waals surface area contributed by atoms with Crippen LogP contribution in [0.4, 0.5) is 0 Å². The van der Waals surface area contributed by atoms with Crippen molar-refractivity contribution in [1.29, 1.82) is 0 Å². The molecule has 0 spiro atoms. The summed E-state index contributed by atoms with van der Waals surface area (Å²) in [6.45, 7) is 4.58. The molecule has 0 fully saturated rings. The highest BCUT2D eigenvalue weighted by molar-refractivity contribution is 5.70. The second-order valence-corrected chi connectivity index (χ2v) is 3.41. The number of nitrogens with two attached hydrogens (primary N) is 1. The first-order valence-electron chi connectivity index (χ1n) is 5.21. The number of hydrogen-bond donors (Lipinski definition) is 1. The molecule has 0 saturated carbocycles. The van der Waals surface area contributed by atoms with Crippen LogP contribution in [0.15, 0.2) is 0 Å². The summed E-state index contributed by atoms with van der Waals surface area (Å²) < 4.78 is 4.99. The molecule has 4 heteroatoms. The molecule has 2 N–H and O–H groups in total. The van der Waals surface area contributed by atoms with Gasteiger partial charge in [-0.3, -0.25) is 4.84 Å². The molecule has 0 saturated heterocycles. The molecule has 0 rings (SSSR count). The second kappa shape index (κ2) is 8.97. The molecule has 0 bridgehead atoms. The lowest BCUT2D eigenvalue weighted by Gasteiger charge is -2.14. The Labute approximate surface area is 85.7 Å². The maximum atomic E-state index is 10.9. The minimum absolute atomic E-state index is 0.162. The average Bonchev–Trinajstić information content (AvgIpc) is 2.19. The Morgan fingerprint density at radius 1 is 1.43 bits per heavy atom. The summed E-state index contributed by atoms with van der Waals surface area (Å²) in [5, 5.41) is 0. The first-order chi connectivity index (χ1) is 6.74. The van der Waals surface area contributed by atoms with Crippen LogP contribution in [-0.2, 0) is 14.4 Å². The molecule has 84 valence electrons. The van der Waals surface area contributed by atoms with Crippen molar-refractivity contribution in [2.24, 2.45) is 11.8 Å². The van der Waals surface area contributed by atoms with Gasteiger partial charge in [0.05, 0.1) is 6.61 Å². The molecule has 0 amide bonds. The van der Waals surface area contributed by atoms with E-state index in [1.54, 1.807) is 0 Å². The van der Waals surface area contributed by atoms with Crippen molar-refractivity contribution in [3.8, 4) is 0 Å². The molecule has 0 aromatic heterocycles. The summed E-state index contributed by atoms with van der Waals surface area (Å²) in [4.78, 5) is 15.1. The van der Waals surface area contributed by atoms with Crippen LogP contribution in [0.2, 0.25) is 0 Å². The quantitative estimate of drug-likeness (QED) is 0.481. The SMILES string of the molecule is CCCCC(CC)COC(=O)CON. The van der Waals surface area contributed by atoms with E-state index in [0.29, 0.717) is 12.5 Å². The first-order valence-corrected chi connectivity index (χ1v) is 5.21.